The molecule has 2 atom stereocenters. The summed E-state index contributed by atoms with van der Waals surface area (Å²) in [6.07, 6.45) is 1.73. The molecule has 0 radical (unpaired) electrons. The second kappa shape index (κ2) is 6.12. The van der Waals surface area contributed by atoms with Gasteiger partial charge in [-0.05, 0) is 25.0 Å². The highest BCUT2D eigenvalue weighted by Crippen LogP contribution is 2.45. The second-order valence-electron chi connectivity index (χ2n) is 9.65. The van der Waals surface area contributed by atoms with E-state index in [9.17, 15) is 19.5 Å². The molecule has 0 saturated carbocycles. The lowest BCUT2D eigenvalue weighted by Crippen LogP contribution is -2.68. The van der Waals surface area contributed by atoms with Crippen molar-refractivity contribution >= 4 is 34.2 Å². The molecule has 0 aliphatic carbocycles. The van der Waals surface area contributed by atoms with Gasteiger partial charge in [-0.3, -0.25) is 0 Å². The van der Waals surface area contributed by atoms with Crippen molar-refractivity contribution in [1.29, 1.82) is 0 Å². The van der Waals surface area contributed by atoms with E-state index in [1.54, 1.807) is 6.07 Å². The summed E-state index contributed by atoms with van der Waals surface area (Å²) in [5.74, 6) is -1.78. The van der Waals surface area contributed by atoms with Crippen LogP contribution in [0.2, 0.25) is 0 Å². The van der Waals surface area contributed by atoms with E-state index >= 15 is 0 Å². The van der Waals surface area contributed by atoms with Crippen LogP contribution in [0.3, 0.4) is 0 Å². The summed E-state index contributed by atoms with van der Waals surface area (Å²) < 4.78 is 0.160. The normalized spacial score (nSPS) is 27.4. The van der Waals surface area contributed by atoms with Crippen molar-refractivity contribution in [2.45, 2.75) is 31.8 Å². The van der Waals surface area contributed by atoms with E-state index in [-0.39, 0.29) is 18.4 Å². The highest BCUT2D eigenvalue weighted by atomic mass is 16.4. The van der Waals surface area contributed by atoms with E-state index in [1.807, 2.05) is 25.2 Å². The predicted molar refractivity (Wildman–Crippen MR) is 112 cm³/mol. The summed E-state index contributed by atoms with van der Waals surface area (Å²) in [5, 5.41) is 11.5. The van der Waals surface area contributed by atoms with Crippen molar-refractivity contribution in [3.63, 3.8) is 0 Å². The first-order valence-corrected chi connectivity index (χ1v) is 10.5. The standard InChI is InChI=1S/C23H26N3O4/c1-24-13-25(2,3)12-14-11-17-19-15(20(14)24)7-6-8-16(19)21(27)26(22(17)28)10-5-4-9-18(26)23(29)30/h6-8,11,18H,4-5,9-10,12-13H2,1-3H3/q+1/p+1. The number of hydrogen-bond donors (Lipinski definition) is 1. The van der Waals surface area contributed by atoms with E-state index in [0.717, 1.165) is 40.8 Å². The highest BCUT2D eigenvalue weighted by molar-refractivity contribution is 6.23. The molecule has 1 N–H and O–H groups in total. The van der Waals surface area contributed by atoms with Gasteiger partial charge in [-0.15, -0.1) is 0 Å². The van der Waals surface area contributed by atoms with Crippen molar-refractivity contribution in [3.8, 4) is 0 Å². The summed E-state index contributed by atoms with van der Waals surface area (Å²) in [7, 11) is 6.34. The minimum Gasteiger partial charge on any atom is -0.477 e. The lowest BCUT2D eigenvalue weighted by molar-refractivity contribution is -0.904. The number of carboxylic acid groups (broad SMARTS) is 1. The molecule has 2 aromatic carbocycles. The fraction of sp³-hybridized carbons (Fsp3) is 0.435. The molecule has 30 heavy (non-hydrogen) atoms. The average Bonchev–Trinajstić information content (AvgIpc) is 2.69. The molecule has 1 fully saturated rings. The molecule has 2 amide bonds. The van der Waals surface area contributed by atoms with Crippen molar-refractivity contribution in [2.24, 2.45) is 0 Å². The number of piperidine rings is 1. The smallest absolute Gasteiger partial charge is 0.363 e. The first-order valence-electron chi connectivity index (χ1n) is 10.5. The molecule has 0 bridgehead atoms. The Morgan fingerprint density at radius 3 is 2.60 bits per heavy atom. The number of anilines is 1. The molecule has 7 nitrogen and oxygen atoms in total. The van der Waals surface area contributed by atoms with Gasteiger partial charge in [0.15, 0.2) is 6.67 Å². The molecule has 5 rings (SSSR count). The number of amides is 2. The van der Waals surface area contributed by atoms with E-state index in [0.29, 0.717) is 29.4 Å². The van der Waals surface area contributed by atoms with Crippen LogP contribution in [0.25, 0.3) is 10.8 Å². The first kappa shape index (κ1) is 19.2. The fourth-order valence-electron chi connectivity index (χ4n) is 6.00. The Bertz CT molecular complexity index is 1140. The van der Waals surface area contributed by atoms with Gasteiger partial charge in [0.05, 0.1) is 37.5 Å². The maximum absolute atomic E-state index is 13.9. The maximum atomic E-state index is 13.9. The van der Waals surface area contributed by atoms with Gasteiger partial charge in [0.1, 0.15) is 6.54 Å². The van der Waals surface area contributed by atoms with Crippen LogP contribution >= 0.6 is 0 Å². The Labute approximate surface area is 175 Å². The number of benzene rings is 2. The van der Waals surface area contributed by atoms with Gasteiger partial charge in [0.2, 0.25) is 6.04 Å². The monoisotopic (exact) mass is 409 g/mol. The molecule has 1 saturated heterocycles. The van der Waals surface area contributed by atoms with Crippen LogP contribution in [0, 0.1) is 0 Å². The number of rotatable bonds is 1. The van der Waals surface area contributed by atoms with Crippen LogP contribution in [0.5, 0.6) is 0 Å². The van der Waals surface area contributed by atoms with Gasteiger partial charge in [0, 0.05) is 29.8 Å². The third-order valence-corrected chi connectivity index (χ3v) is 7.03. The molecule has 2 unspecified atom stereocenters. The quantitative estimate of drug-likeness (QED) is 0.579. The van der Waals surface area contributed by atoms with E-state index in [4.69, 9.17) is 0 Å². The Hall–Kier alpha value is -2.77. The fourth-order valence-corrected chi connectivity index (χ4v) is 6.00. The molecule has 0 aromatic heterocycles. The van der Waals surface area contributed by atoms with Gasteiger partial charge in [-0.25, -0.2) is 14.4 Å². The Morgan fingerprint density at radius 1 is 1.13 bits per heavy atom. The Kier molecular flexibility index (Phi) is 3.92. The van der Waals surface area contributed by atoms with Gasteiger partial charge in [-0.1, -0.05) is 12.1 Å². The van der Waals surface area contributed by atoms with Gasteiger partial charge in [0.25, 0.3) is 0 Å². The average molecular weight is 409 g/mol. The number of carbonyl (C=O) groups excluding carboxylic acids is 2. The number of hydrogen-bond acceptors (Lipinski definition) is 4. The summed E-state index contributed by atoms with van der Waals surface area (Å²) in [6.45, 7) is 1.86. The van der Waals surface area contributed by atoms with E-state index in [1.165, 1.54) is 0 Å². The Balaban J connectivity index is 1.82. The molecule has 2 aromatic rings. The largest absolute Gasteiger partial charge is 0.477 e. The SMILES string of the molecule is CN1C[N+](C)(C)Cc2cc3c4c(cccc4c21)C(=O)[N+]1(CCCCC1C(=O)O)C3=O. The predicted octanol–water partition coefficient (Wildman–Crippen LogP) is 2.57. The molecular weight excluding hydrogens is 382 g/mol. The van der Waals surface area contributed by atoms with Gasteiger partial charge >= 0.3 is 17.8 Å². The zero-order chi connectivity index (χ0) is 21.4. The van der Waals surface area contributed by atoms with Crippen LogP contribution in [0.15, 0.2) is 24.3 Å². The maximum Gasteiger partial charge on any atom is 0.363 e. The number of imide groups is 1. The molecule has 1 spiro atoms. The van der Waals surface area contributed by atoms with Crippen molar-refractivity contribution in [1.82, 2.24) is 0 Å². The van der Waals surface area contributed by atoms with Gasteiger partial charge < -0.3 is 14.5 Å². The number of nitrogens with zero attached hydrogens (tertiary/aromatic N) is 3. The van der Waals surface area contributed by atoms with Crippen molar-refractivity contribution in [3.05, 3.63) is 41.0 Å². The minimum absolute atomic E-state index is 0.253. The van der Waals surface area contributed by atoms with Gasteiger partial charge in [-0.2, -0.15) is 4.48 Å². The van der Waals surface area contributed by atoms with Crippen LogP contribution < -0.4 is 4.90 Å². The zero-order valence-electron chi connectivity index (χ0n) is 17.6. The van der Waals surface area contributed by atoms with Crippen LogP contribution in [0.1, 0.15) is 45.5 Å². The van der Waals surface area contributed by atoms with Crippen molar-refractivity contribution in [2.75, 3.05) is 39.3 Å². The summed E-state index contributed by atoms with van der Waals surface area (Å²) in [6, 6.07) is 6.49. The number of aliphatic carboxylic acids is 1. The Morgan fingerprint density at radius 2 is 1.87 bits per heavy atom. The summed E-state index contributed by atoms with van der Waals surface area (Å²) in [5.41, 5.74) is 3.11. The highest BCUT2D eigenvalue weighted by Gasteiger charge is 2.59. The minimum atomic E-state index is -1.07. The number of carboxylic acids is 1. The third-order valence-electron chi connectivity index (χ3n) is 7.03. The molecule has 156 valence electrons. The van der Waals surface area contributed by atoms with E-state index < -0.39 is 16.5 Å². The van der Waals surface area contributed by atoms with Crippen molar-refractivity contribution < 1.29 is 28.5 Å². The lowest BCUT2D eigenvalue weighted by Gasteiger charge is -2.44. The lowest BCUT2D eigenvalue weighted by atomic mass is 9.85. The molecule has 7 heteroatoms. The third kappa shape index (κ3) is 2.36. The molecule has 3 aliphatic heterocycles. The number of quaternary nitrogens is 2. The molecule has 3 aliphatic rings. The molecular formula is C23H27N3O4+2. The zero-order valence-corrected chi connectivity index (χ0v) is 17.6. The van der Waals surface area contributed by atoms with Crippen LogP contribution in [-0.4, -0.2) is 72.3 Å². The van der Waals surface area contributed by atoms with Crippen LogP contribution in [0.4, 0.5) is 5.69 Å². The van der Waals surface area contributed by atoms with Crippen LogP contribution in [-0.2, 0) is 11.3 Å². The van der Waals surface area contributed by atoms with E-state index in [2.05, 4.69) is 19.0 Å². The first-order chi connectivity index (χ1) is 14.2. The number of fused-ring (bicyclic) bond motifs is 2. The summed E-state index contributed by atoms with van der Waals surface area (Å²) >= 11 is 0. The molecule has 3 heterocycles. The number of carbonyl (C=O) groups is 3. The summed E-state index contributed by atoms with van der Waals surface area (Å²) in [4.78, 5) is 41.9. The second-order valence-corrected chi connectivity index (χ2v) is 9.65. The topological polar surface area (TPSA) is 74.7 Å².